The molecule has 0 aliphatic heterocycles. The molecular formula is C21H28N4O. The van der Waals surface area contributed by atoms with E-state index in [4.69, 9.17) is 4.74 Å². The number of benzene rings is 1. The highest BCUT2D eigenvalue weighted by Crippen LogP contribution is 2.40. The Morgan fingerprint density at radius 2 is 1.92 bits per heavy atom. The first-order valence-electron chi connectivity index (χ1n) is 9.25. The number of aromatic nitrogens is 1. The minimum Gasteiger partial charge on any atom is -0.481 e. The van der Waals surface area contributed by atoms with E-state index in [0.29, 0.717) is 12.4 Å². The van der Waals surface area contributed by atoms with Gasteiger partial charge in [-0.3, -0.25) is 4.99 Å². The Hall–Kier alpha value is -2.56. The van der Waals surface area contributed by atoms with E-state index in [0.717, 1.165) is 18.1 Å². The van der Waals surface area contributed by atoms with Crippen molar-refractivity contribution in [2.24, 2.45) is 4.99 Å². The lowest BCUT2D eigenvalue weighted by atomic mass is 9.79. The van der Waals surface area contributed by atoms with Crippen LogP contribution in [-0.4, -0.2) is 31.6 Å². The number of aliphatic imine (C=N–C) groups is 1. The lowest BCUT2D eigenvalue weighted by molar-refractivity contribution is 0.397. The van der Waals surface area contributed by atoms with Crippen molar-refractivity contribution in [2.45, 2.75) is 37.6 Å². The van der Waals surface area contributed by atoms with Gasteiger partial charge in [-0.25, -0.2) is 4.98 Å². The molecule has 5 heteroatoms. The molecule has 5 nitrogen and oxygen atoms in total. The molecule has 1 fully saturated rings. The van der Waals surface area contributed by atoms with Gasteiger partial charge in [0.2, 0.25) is 5.88 Å². The number of guanidine groups is 1. The number of rotatable bonds is 6. The fourth-order valence-corrected chi connectivity index (χ4v) is 3.74. The normalized spacial score (nSPS) is 16.3. The van der Waals surface area contributed by atoms with Gasteiger partial charge >= 0.3 is 0 Å². The summed E-state index contributed by atoms with van der Waals surface area (Å²) in [5, 5.41) is 6.93. The van der Waals surface area contributed by atoms with Crippen molar-refractivity contribution in [3.05, 3.63) is 59.8 Å². The molecule has 1 saturated carbocycles. The van der Waals surface area contributed by atoms with Crippen molar-refractivity contribution < 1.29 is 4.74 Å². The second-order valence-electron chi connectivity index (χ2n) is 6.84. The quantitative estimate of drug-likeness (QED) is 0.619. The summed E-state index contributed by atoms with van der Waals surface area (Å²) in [6.45, 7) is 1.58. The summed E-state index contributed by atoms with van der Waals surface area (Å²) in [5.74, 6) is 1.45. The molecule has 1 aliphatic carbocycles. The highest BCUT2D eigenvalue weighted by Gasteiger charge is 2.35. The maximum Gasteiger partial charge on any atom is 0.213 e. The van der Waals surface area contributed by atoms with E-state index < -0.39 is 0 Å². The molecule has 3 rings (SSSR count). The van der Waals surface area contributed by atoms with Gasteiger partial charge in [-0.1, -0.05) is 43.2 Å². The van der Waals surface area contributed by atoms with Gasteiger partial charge in [-0.15, -0.1) is 0 Å². The molecule has 0 saturated heterocycles. The van der Waals surface area contributed by atoms with Crippen LogP contribution in [0.5, 0.6) is 5.88 Å². The number of ether oxygens (including phenoxy) is 1. The lowest BCUT2D eigenvalue weighted by Crippen LogP contribution is -2.44. The highest BCUT2D eigenvalue weighted by atomic mass is 16.5. The molecule has 0 amide bonds. The second-order valence-corrected chi connectivity index (χ2v) is 6.84. The van der Waals surface area contributed by atoms with E-state index in [9.17, 15) is 0 Å². The van der Waals surface area contributed by atoms with Crippen molar-refractivity contribution in [1.82, 2.24) is 15.6 Å². The van der Waals surface area contributed by atoms with Gasteiger partial charge in [0.1, 0.15) is 0 Å². The van der Waals surface area contributed by atoms with Gasteiger partial charge < -0.3 is 15.4 Å². The Labute approximate surface area is 155 Å². The van der Waals surface area contributed by atoms with Crippen LogP contribution in [0.3, 0.4) is 0 Å². The summed E-state index contributed by atoms with van der Waals surface area (Å²) >= 11 is 0. The first-order chi connectivity index (χ1) is 12.8. The van der Waals surface area contributed by atoms with Crippen LogP contribution in [0.15, 0.2) is 53.7 Å². The Morgan fingerprint density at radius 3 is 2.62 bits per heavy atom. The smallest absolute Gasteiger partial charge is 0.213 e. The van der Waals surface area contributed by atoms with Gasteiger partial charge in [0.05, 0.1) is 7.11 Å². The summed E-state index contributed by atoms with van der Waals surface area (Å²) in [4.78, 5) is 8.52. The topological polar surface area (TPSA) is 58.5 Å². The van der Waals surface area contributed by atoms with Crippen molar-refractivity contribution >= 4 is 5.96 Å². The molecule has 2 N–H and O–H groups in total. The third-order valence-corrected chi connectivity index (χ3v) is 5.23. The van der Waals surface area contributed by atoms with Crippen LogP contribution < -0.4 is 15.4 Å². The van der Waals surface area contributed by atoms with E-state index >= 15 is 0 Å². The number of pyridine rings is 1. The Morgan fingerprint density at radius 1 is 1.15 bits per heavy atom. The van der Waals surface area contributed by atoms with E-state index in [2.05, 4.69) is 50.9 Å². The number of hydrogen-bond donors (Lipinski definition) is 2. The molecule has 26 heavy (non-hydrogen) atoms. The zero-order chi connectivity index (χ0) is 18.2. The molecule has 0 atom stereocenters. The number of hydrogen-bond acceptors (Lipinski definition) is 3. The summed E-state index contributed by atoms with van der Waals surface area (Å²) in [6.07, 6.45) is 6.79. The van der Waals surface area contributed by atoms with E-state index in [-0.39, 0.29) is 5.41 Å². The zero-order valence-electron chi connectivity index (χ0n) is 15.7. The summed E-state index contributed by atoms with van der Waals surface area (Å²) < 4.78 is 5.18. The molecule has 0 bridgehead atoms. The largest absolute Gasteiger partial charge is 0.481 e. The van der Waals surface area contributed by atoms with Crippen LogP contribution in [0, 0.1) is 0 Å². The maximum absolute atomic E-state index is 5.18. The van der Waals surface area contributed by atoms with Crippen LogP contribution in [0.1, 0.15) is 36.8 Å². The fourth-order valence-electron chi connectivity index (χ4n) is 3.74. The zero-order valence-corrected chi connectivity index (χ0v) is 15.7. The Balaban J connectivity index is 1.61. The Bertz CT molecular complexity index is 724. The number of nitrogens with one attached hydrogen (secondary N) is 2. The van der Waals surface area contributed by atoms with Gasteiger partial charge in [0, 0.05) is 37.8 Å². The standard InChI is InChI=1S/C21H28N4O/c1-22-20(24-15-17-10-13-23-19(14-17)26-2)25-16-21(11-6-7-12-21)18-8-4-3-5-9-18/h3-5,8-10,13-14H,6-7,11-12,15-16H2,1-2H3,(H2,22,24,25). The Kier molecular flexibility index (Phi) is 6.10. The molecule has 2 aromatic rings. The molecule has 1 aromatic heterocycles. The average molecular weight is 352 g/mol. The summed E-state index contributed by atoms with van der Waals surface area (Å²) in [7, 11) is 3.44. The first kappa shape index (κ1) is 18.2. The molecule has 0 unspecified atom stereocenters. The van der Waals surface area contributed by atoms with Crippen molar-refractivity contribution in [1.29, 1.82) is 0 Å². The SMILES string of the molecule is CN=C(NCc1ccnc(OC)c1)NCC1(c2ccccc2)CCCC1. The van der Waals surface area contributed by atoms with Crippen LogP contribution in [0.4, 0.5) is 0 Å². The minimum absolute atomic E-state index is 0.207. The molecule has 1 aromatic carbocycles. The van der Waals surface area contributed by atoms with Crippen LogP contribution in [0.2, 0.25) is 0 Å². The van der Waals surface area contributed by atoms with Gasteiger partial charge in [0.25, 0.3) is 0 Å². The number of nitrogens with zero attached hydrogens (tertiary/aromatic N) is 2. The second kappa shape index (κ2) is 8.70. The molecule has 0 spiro atoms. The molecule has 138 valence electrons. The van der Waals surface area contributed by atoms with Crippen LogP contribution >= 0.6 is 0 Å². The fraction of sp³-hybridized carbons (Fsp3) is 0.429. The summed E-state index contributed by atoms with van der Waals surface area (Å²) in [5.41, 5.74) is 2.75. The third kappa shape index (κ3) is 4.34. The van der Waals surface area contributed by atoms with Gasteiger partial charge in [-0.2, -0.15) is 0 Å². The summed E-state index contributed by atoms with van der Waals surface area (Å²) in [6, 6.07) is 14.8. The van der Waals surface area contributed by atoms with Crippen molar-refractivity contribution in [3.63, 3.8) is 0 Å². The predicted octanol–water partition coefficient (Wildman–Crippen LogP) is 3.27. The molecular weight excluding hydrogens is 324 g/mol. The minimum atomic E-state index is 0.207. The van der Waals surface area contributed by atoms with Crippen molar-refractivity contribution in [3.8, 4) is 5.88 Å². The molecule has 0 radical (unpaired) electrons. The van der Waals surface area contributed by atoms with E-state index in [1.165, 1.54) is 31.2 Å². The molecule has 1 heterocycles. The van der Waals surface area contributed by atoms with Gasteiger partial charge in [-0.05, 0) is 30.0 Å². The molecule has 1 aliphatic rings. The monoisotopic (exact) mass is 352 g/mol. The lowest BCUT2D eigenvalue weighted by Gasteiger charge is -2.30. The van der Waals surface area contributed by atoms with E-state index in [1.807, 2.05) is 19.2 Å². The number of methoxy groups -OCH3 is 1. The van der Waals surface area contributed by atoms with Crippen LogP contribution in [-0.2, 0) is 12.0 Å². The van der Waals surface area contributed by atoms with Crippen LogP contribution in [0.25, 0.3) is 0 Å². The van der Waals surface area contributed by atoms with Crippen molar-refractivity contribution in [2.75, 3.05) is 20.7 Å². The average Bonchev–Trinajstić information content (AvgIpc) is 3.19. The van der Waals surface area contributed by atoms with E-state index in [1.54, 1.807) is 13.3 Å². The predicted molar refractivity (Wildman–Crippen MR) is 106 cm³/mol. The highest BCUT2D eigenvalue weighted by molar-refractivity contribution is 5.79. The maximum atomic E-state index is 5.18. The van der Waals surface area contributed by atoms with Gasteiger partial charge in [0.15, 0.2) is 5.96 Å². The first-order valence-corrected chi connectivity index (χ1v) is 9.25. The third-order valence-electron chi connectivity index (χ3n) is 5.23.